The van der Waals surface area contributed by atoms with Gasteiger partial charge in [0.15, 0.2) is 0 Å². The van der Waals surface area contributed by atoms with E-state index in [9.17, 15) is 9.59 Å². The van der Waals surface area contributed by atoms with E-state index in [2.05, 4.69) is 62.5 Å². The Morgan fingerprint density at radius 2 is 1.78 bits per heavy atom. The minimum atomic E-state index is -1.04. The van der Waals surface area contributed by atoms with Crippen LogP contribution in [0.15, 0.2) is 36.4 Å². The second-order valence-electron chi connectivity index (χ2n) is 7.57. The fourth-order valence-electron chi connectivity index (χ4n) is 2.69. The molecule has 146 valence electrons. The van der Waals surface area contributed by atoms with Gasteiger partial charge in [-0.2, -0.15) is 0 Å². The molecule has 0 radical (unpaired) electrons. The number of hydrogen-bond donors (Lipinski definition) is 2. The molecule has 0 atom stereocenters. The molecule has 0 aliphatic rings. The molecule has 1 aromatic carbocycles. The minimum absolute atomic E-state index is 0.141. The standard InChI is InChI=1S/C21H28N2O3S/c1-5-23(14-19(24)22-12-20(25)26)13-17-10-11-18(27-17)15-6-8-16(9-7-15)21(2,3)4/h6-11H,5,12-14H2,1-4H3,(H,22,24)(H,25,26). The van der Waals surface area contributed by atoms with Crippen LogP contribution >= 0.6 is 11.3 Å². The van der Waals surface area contributed by atoms with Crippen molar-refractivity contribution in [2.24, 2.45) is 0 Å². The molecule has 27 heavy (non-hydrogen) atoms. The molecule has 5 nitrogen and oxygen atoms in total. The van der Waals surface area contributed by atoms with Gasteiger partial charge in [-0.1, -0.05) is 52.0 Å². The van der Waals surface area contributed by atoms with Gasteiger partial charge in [0.2, 0.25) is 5.91 Å². The highest BCUT2D eigenvalue weighted by Gasteiger charge is 2.14. The van der Waals surface area contributed by atoms with Gasteiger partial charge >= 0.3 is 5.97 Å². The summed E-state index contributed by atoms with van der Waals surface area (Å²) < 4.78 is 0. The molecule has 1 amide bonds. The fourth-order valence-corrected chi connectivity index (χ4v) is 3.74. The first kappa shape index (κ1) is 21.1. The van der Waals surface area contributed by atoms with Gasteiger partial charge in [0.05, 0.1) is 6.54 Å². The van der Waals surface area contributed by atoms with Crippen molar-refractivity contribution in [1.82, 2.24) is 10.2 Å². The number of rotatable bonds is 8. The van der Waals surface area contributed by atoms with E-state index in [4.69, 9.17) is 5.11 Å². The molecule has 0 aliphatic carbocycles. The summed E-state index contributed by atoms with van der Waals surface area (Å²) in [5, 5.41) is 11.0. The average Bonchev–Trinajstić information content (AvgIpc) is 3.07. The number of amides is 1. The number of nitrogens with zero attached hydrogens (tertiary/aromatic N) is 1. The maximum atomic E-state index is 11.8. The van der Waals surface area contributed by atoms with E-state index < -0.39 is 5.97 Å². The van der Waals surface area contributed by atoms with E-state index in [1.807, 2.05) is 11.8 Å². The Hall–Kier alpha value is -2.18. The van der Waals surface area contributed by atoms with Crippen molar-refractivity contribution in [2.75, 3.05) is 19.6 Å². The summed E-state index contributed by atoms with van der Waals surface area (Å²) in [5.74, 6) is -1.31. The lowest BCUT2D eigenvalue weighted by molar-refractivity contribution is -0.138. The number of carbonyl (C=O) groups is 2. The maximum Gasteiger partial charge on any atom is 0.322 e. The van der Waals surface area contributed by atoms with E-state index >= 15 is 0 Å². The van der Waals surface area contributed by atoms with Gasteiger partial charge in [0.25, 0.3) is 0 Å². The number of carbonyl (C=O) groups excluding carboxylic acids is 1. The highest BCUT2D eigenvalue weighted by atomic mass is 32.1. The lowest BCUT2D eigenvalue weighted by atomic mass is 9.86. The minimum Gasteiger partial charge on any atom is -0.480 e. The second-order valence-corrected chi connectivity index (χ2v) is 8.74. The van der Waals surface area contributed by atoms with E-state index in [-0.39, 0.29) is 24.4 Å². The molecule has 1 heterocycles. The van der Waals surface area contributed by atoms with Crippen molar-refractivity contribution in [3.05, 3.63) is 46.8 Å². The number of carboxylic acids is 1. The van der Waals surface area contributed by atoms with Gasteiger partial charge < -0.3 is 10.4 Å². The van der Waals surface area contributed by atoms with Gasteiger partial charge in [0, 0.05) is 16.3 Å². The van der Waals surface area contributed by atoms with Crippen LogP contribution in [0, 0.1) is 0 Å². The molecular formula is C21H28N2O3S. The second kappa shape index (κ2) is 9.15. The Morgan fingerprint density at radius 3 is 2.33 bits per heavy atom. The SMILES string of the molecule is CCN(CC(=O)NCC(=O)O)Cc1ccc(-c2ccc(C(C)(C)C)cc2)s1. The molecule has 0 saturated carbocycles. The smallest absolute Gasteiger partial charge is 0.322 e. The number of benzene rings is 1. The zero-order valence-corrected chi connectivity index (χ0v) is 17.2. The number of thiophene rings is 1. The van der Waals surface area contributed by atoms with E-state index in [1.165, 1.54) is 20.9 Å². The molecular weight excluding hydrogens is 360 g/mol. The lowest BCUT2D eigenvalue weighted by Crippen LogP contribution is -2.38. The number of aliphatic carboxylic acids is 1. The summed E-state index contributed by atoms with van der Waals surface area (Å²) in [6, 6.07) is 12.9. The third-order valence-corrected chi connectivity index (χ3v) is 5.45. The van der Waals surface area contributed by atoms with Crippen molar-refractivity contribution in [3.8, 4) is 10.4 Å². The van der Waals surface area contributed by atoms with Crippen LogP contribution in [0.1, 0.15) is 38.1 Å². The highest BCUT2D eigenvalue weighted by molar-refractivity contribution is 7.15. The zero-order valence-electron chi connectivity index (χ0n) is 16.4. The predicted octanol–water partition coefficient (Wildman–Crippen LogP) is 3.74. The van der Waals surface area contributed by atoms with Crippen LogP contribution in [0.25, 0.3) is 10.4 Å². The first-order valence-electron chi connectivity index (χ1n) is 9.09. The largest absolute Gasteiger partial charge is 0.480 e. The fraction of sp³-hybridized carbons (Fsp3) is 0.429. The zero-order chi connectivity index (χ0) is 20.0. The summed E-state index contributed by atoms with van der Waals surface area (Å²) in [6.07, 6.45) is 0. The van der Waals surface area contributed by atoms with Crippen LogP contribution in [-0.2, 0) is 21.5 Å². The summed E-state index contributed by atoms with van der Waals surface area (Å²) in [4.78, 5) is 26.8. The van der Waals surface area contributed by atoms with Gasteiger partial charge in [-0.15, -0.1) is 11.3 Å². The van der Waals surface area contributed by atoms with E-state index in [0.717, 1.165) is 0 Å². The Bertz CT molecular complexity index is 775. The molecule has 6 heteroatoms. The molecule has 0 saturated heterocycles. The van der Waals surface area contributed by atoms with Gasteiger partial charge in [-0.25, -0.2) is 0 Å². The van der Waals surface area contributed by atoms with Crippen molar-refractivity contribution in [2.45, 2.75) is 39.7 Å². The molecule has 0 fully saturated rings. The van der Waals surface area contributed by atoms with Crippen molar-refractivity contribution < 1.29 is 14.7 Å². The van der Waals surface area contributed by atoms with E-state index in [1.54, 1.807) is 11.3 Å². The monoisotopic (exact) mass is 388 g/mol. The molecule has 2 aromatic rings. The quantitative estimate of drug-likeness (QED) is 0.723. The maximum absolute atomic E-state index is 11.8. The van der Waals surface area contributed by atoms with Crippen LogP contribution < -0.4 is 5.32 Å². The van der Waals surface area contributed by atoms with Crippen LogP contribution in [0.5, 0.6) is 0 Å². The van der Waals surface area contributed by atoms with Crippen molar-refractivity contribution in [3.63, 3.8) is 0 Å². The molecule has 0 aliphatic heterocycles. The molecule has 0 spiro atoms. The van der Waals surface area contributed by atoms with Crippen LogP contribution in [0.2, 0.25) is 0 Å². The summed E-state index contributed by atoms with van der Waals surface area (Å²) >= 11 is 1.72. The van der Waals surface area contributed by atoms with Crippen molar-refractivity contribution >= 4 is 23.2 Å². The first-order valence-corrected chi connectivity index (χ1v) is 9.91. The molecule has 0 unspecified atom stereocenters. The lowest BCUT2D eigenvalue weighted by Gasteiger charge is -2.19. The molecule has 1 aromatic heterocycles. The Morgan fingerprint density at radius 1 is 1.11 bits per heavy atom. The van der Waals surface area contributed by atoms with Crippen LogP contribution in [-0.4, -0.2) is 41.5 Å². The van der Waals surface area contributed by atoms with Crippen LogP contribution in [0.3, 0.4) is 0 Å². The summed E-state index contributed by atoms with van der Waals surface area (Å²) in [6.45, 7) is 9.84. The average molecular weight is 389 g/mol. The number of likely N-dealkylation sites (N-methyl/N-ethyl adjacent to an activating group) is 1. The predicted molar refractivity (Wildman–Crippen MR) is 110 cm³/mol. The molecule has 2 N–H and O–H groups in total. The number of nitrogens with one attached hydrogen (secondary N) is 1. The van der Waals surface area contributed by atoms with Crippen molar-refractivity contribution in [1.29, 1.82) is 0 Å². The van der Waals surface area contributed by atoms with Crippen LogP contribution in [0.4, 0.5) is 0 Å². The van der Waals surface area contributed by atoms with E-state index in [0.29, 0.717) is 13.1 Å². The normalized spacial score (nSPS) is 11.6. The first-order chi connectivity index (χ1) is 12.7. The number of hydrogen-bond acceptors (Lipinski definition) is 4. The molecule has 2 rings (SSSR count). The van der Waals surface area contributed by atoms with Gasteiger partial charge in [-0.3, -0.25) is 14.5 Å². The Balaban J connectivity index is 1.99. The molecule has 0 bridgehead atoms. The Labute approximate surface area is 165 Å². The highest BCUT2D eigenvalue weighted by Crippen LogP contribution is 2.31. The van der Waals surface area contributed by atoms with Gasteiger partial charge in [-0.05, 0) is 35.2 Å². The third kappa shape index (κ3) is 6.48. The summed E-state index contributed by atoms with van der Waals surface area (Å²) in [7, 11) is 0. The van der Waals surface area contributed by atoms with Gasteiger partial charge in [0.1, 0.15) is 6.54 Å². The summed E-state index contributed by atoms with van der Waals surface area (Å²) in [5.41, 5.74) is 2.65. The number of carboxylic acid groups (broad SMARTS) is 1. The Kier molecular flexibility index (Phi) is 7.16. The third-order valence-electron chi connectivity index (χ3n) is 4.33. The topological polar surface area (TPSA) is 69.6 Å².